The average molecular weight is 274 g/mol. The number of carbonyl (C=O) groups excluding carboxylic acids is 1. The lowest BCUT2D eigenvalue weighted by Crippen LogP contribution is -2.14. The van der Waals surface area contributed by atoms with Crippen LogP contribution >= 0.6 is 11.6 Å². The van der Waals surface area contributed by atoms with Gasteiger partial charge in [-0.25, -0.2) is 0 Å². The van der Waals surface area contributed by atoms with Gasteiger partial charge in [-0.3, -0.25) is 9.59 Å². The molecule has 4 heteroatoms. The molecule has 1 N–H and O–H groups in total. The number of hydrogen-bond acceptors (Lipinski definition) is 2. The molecular formula is C15H12ClNO2. The molecule has 3 nitrogen and oxygen atoms in total. The molecule has 0 saturated carbocycles. The monoisotopic (exact) mass is 273 g/mol. The number of allylic oxidation sites excluding steroid dienone is 1. The van der Waals surface area contributed by atoms with Crippen LogP contribution in [-0.2, 0) is 0 Å². The number of aryl methyl sites for hydroxylation is 1. The second-order valence-corrected chi connectivity index (χ2v) is 4.55. The quantitative estimate of drug-likeness (QED) is 0.689. The van der Waals surface area contributed by atoms with E-state index in [1.165, 1.54) is 18.3 Å². The smallest absolute Gasteiger partial charge is 0.259 e. The van der Waals surface area contributed by atoms with Crippen molar-refractivity contribution in [2.75, 3.05) is 0 Å². The zero-order valence-electron chi connectivity index (χ0n) is 10.3. The zero-order chi connectivity index (χ0) is 13.8. The number of nitrogens with one attached hydrogen (secondary N) is 1. The van der Waals surface area contributed by atoms with Crippen LogP contribution in [0.15, 0.2) is 47.4 Å². The molecule has 0 fully saturated rings. The summed E-state index contributed by atoms with van der Waals surface area (Å²) in [6.45, 7) is 1.91. The van der Waals surface area contributed by atoms with Crippen LogP contribution in [0.25, 0.3) is 6.08 Å². The third-order valence-corrected chi connectivity index (χ3v) is 2.96. The Morgan fingerprint density at radius 3 is 2.79 bits per heavy atom. The highest BCUT2D eigenvalue weighted by Crippen LogP contribution is 2.16. The summed E-state index contributed by atoms with van der Waals surface area (Å²) in [5.41, 5.74) is 1.61. The van der Waals surface area contributed by atoms with Crippen molar-refractivity contribution in [3.63, 3.8) is 0 Å². The van der Waals surface area contributed by atoms with Gasteiger partial charge in [0.2, 0.25) is 0 Å². The molecule has 0 saturated heterocycles. The van der Waals surface area contributed by atoms with E-state index < -0.39 is 0 Å². The Hall–Kier alpha value is -2.13. The fraction of sp³-hybridized carbons (Fsp3) is 0.0667. The normalized spacial score (nSPS) is 10.8. The molecule has 96 valence electrons. The van der Waals surface area contributed by atoms with Gasteiger partial charge in [0.05, 0.1) is 5.56 Å². The minimum Gasteiger partial charge on any atom is -0.328 e. The van der Waals surface area contributed by atoms with Crippen molar-refractivity contribution in [3.05, 3.63) is 74.7 Å². The fourth-order valence-corrected chi connectivity index (χ4v) is 1.92. The van der Waals surface area contributed by atoms with Gasteiger partial charge in [0.25, 0.3) is 5.56 Å². The molecule has 0 aliphatic heterocycles. The van der Waals surface area contributed by atoms with Crippen molar-refractivity contribution in [3.8, 4) is 0 Å². The first-order valence-electron chi connectivity index (χ1n) is 5.74. The van der Waals surface area contributed by atoms with Gasteiger partial charge in [-0.05, 0) is 48.4 Å². The third-order valence-electron chi connectivity index (χ3n) is 2.73. The summed E-state index contributed by atoms with van der Waals surface area (Å²) in [5, 5.41) is 0.653. The number of aromatic amines is 1. The lowest BCUT2D eigenvalue weighted by Gasteiger charge is -2.00. The summed E-state index contributed by atoms with van der Waals surface area (Å²) in [7, 11) is 0. The van der Waals surface area contributed by atoms with E-state index in [0.717, 1.165) is 11.1 Å². The van der Waals surface area contributed by atoms with Crippen molar-refractivity contribution >= 4 is 23.5 Å². The molecule has 0 radical (unpaired) electrons. The Morgan fingerprint density at radius 2 is 2.11 bits per heavy atom. The summed E-state index contributed by atoms with van der Waals surface area (Å²) >= 11 is 5.86. The molecule has 0 spiro atoms. The molecule has 0 unspecified atom stereocenters. The predicted molar refractivity (Wildman–Crippen MR) is 76.6 cm³/mol. The SMILES string of the molecule is Cc1cc(Cl)ccc1/C=C/C(=O)c1ccc[nH]c1=O. The van der Waals surface area contributed by atoms with Gasteiger partial charge in [0.15, 0.2) is 5.78 Å². The molecule has 1 aromatic heterocycles. The van der Waals surface area contributed by atoms with Gasteiger partial charge < -0.3 is 4.98 Å². The number of rotatable bonds is 3. The van der Waals surface area contributed by atoms with Crippen LogP contribution in [0.1, 0.15) is 21.5 Å². The molecular weight excluding hydrogens is 262 g/mol. The van der Waals surface area contributed by atoms with E-state index in [1.807, 2.05) is 19.1 Å². The minimum atomic E-state index is -0.384. The maximum Gasteiger partial charge on any atom is 0.259 e. The van der Waals surface area contributed by atoms with Crippen LogP contribution in [0.2, 0.25) is 5.02 Å². The average Bonchev–Trinajstić information content (AvgIpc) is 2.38. The highest BCUT2D eigenvalue weighted by Gasteiger charge is 2.05. The van der Waals surface area contributed by atoms with Gasteiger partial charge >= 0.3 is 0 Å². The summed E-state index contributed by atoms with van der Waals surface area (Å²) in [6, 6.07) is 8.53. The topological polar surface area (TPSA) is 49.9 Å². The van der Waals surface area contributed by atoms with Gasteiger partial charge in [0.1, 0.15) is 0 Å². The molecule has 0 atom stereocenters. The van der Waals surface area contributed by atoms with E-state index in [9.17, 15) is 9.59 Å². The van der Waals surface area contributed by atoms with E-state index in [4.69, 9.17) is 11.6 Å². The van der Waals surface area contributed by atoms with E-state index in [1.54, 1.807) is 18.2 Å². The maximum absolute atomic E-state index is 11.9. The van der Waals surface area contributed by atoms with Gasteiger partial charge in [0, 0.05) is 11.2 Å². The predicted octanol–water partition coefficient (Wildman–Crippen LogP) is 3.23. The summed E-state index contributed by atoms with van der Waals surface area (Å²) < 4.78 is 0. The number of pyridine rings is 1. The first-order chi connectivity index (χ1) is 9.08. The molecule has 0 aliphatic carbocycles. The number of halogens is 1. The Bertz CT molecular complexity index is 701. The molecule has 2 aromatic rings. The molecule has 0 amide bonds. The largest absolute Gasteiger partial charge is 0.328 e. The van der Waals surface area contributed by atoms with Crippen LogP contribution in [0.3, 0.4) is 0 Å². The standard InChI is InChI=1S/C15H12ClNO2/c1-10-9-12(16)6-4-11(10)5-7-14(18)13-3-2-8-17-15(13)19/h2-9H,1H3,(H,17,19)/b7-5+. The van der Waals surface area contributed by atoms with Crippen molar-refractivity contribution in [1.29, 1.82) is 0 Å². The van der Waals surface area contributed by atoms with E-state index in [-0.39, 0.29) is 16.9 Å². The molecule has 0 bridgehead atoms. The molecule has 1 heterocycles. The van der Waals surface area contributed by atoms with E-state index >= 15 is 0 Å². The number of carbonyl (C=O) groups is 1. The highest BCUT2D eigenvalue weighted by molar-refractivity contribution is 6.30. The summed E-state index contributed by atoms with van der Waals surface area (Å²) in [6.07, 6.45) is 4.56. The molecule has 19 heavy (non-hydrogen) atoms. The highest BCUT2D eigenvalue weighted by atomic mass is 35.5. The fourth-order valence-electron chi connectivity index (χ4n) is 1.70. The lowest BCUT2D eigenvalue weighted by molar-refractivity contribution is 0.104. The molecule has 2 rings (SSSR count). The van der Waals surface area contributed by atoms with Gasteiger partial charge in [-0.1, -0.05) is 23.7 Å². The maximum atomic E-state index is 11.9. The van der Waals surface area contributed by atoms with Gasteiger partial charge in [-0.2, -0.15) is 0 Å². The number of aromatic nitrogens is 1. The first kappa shape index (κ1) is 13.3. The van der Waals surface area contributed by atoms with Crippen LogP contribution < -0.4 is 5.56 Å². The Balaban J connectivity index is 2.26. The van der Waals surface area contributed by atoms with Crippen LogP contribution in [0.4, 0.5) is 0 Å². The summed E-state index contributed by atoms with van der Waals surface area (Å²) in [4.78, 5) is 25.8. The third kappa shape index (κ3) is 3.20. The van der Waals surface area contributed by atoms with Gasteiger partial charge in [-0.15, -0.1) is 0 Å². The van der Waals surface area contributed by atoms with Crippen molar-refractivity contribution < 1.29 is 4.79 Å². The van der Waals surface area contributed by atoms with Crippen molar-refractivity contribution in [2.24, 2.45) is 0 Å². The Morgan fingerprint density at radius 1 is 1.32 bits per heavy atom. The van der Waals surface area contributed by atoms with Crippen molar-refractivity contribution in [1.82, 2.24) is 4.98 Å². The second kappa shape index (κ2) is 5.67. The Kier molecular flexibility index (Phi) is 3.97. The number of hydrogen-bond donors (Lipinski definition) is 1. The van der Waals surface area contributed by atoms with Crippen LogP contribution in [-0.4, -0.2) is 10.8 Å². The van der Waals surface area contributed by atoms with E-state index in [0.29, 0.717) is 5.02 Å². The van der Waals surface area contributed by atoms with Crippen LogP contribution in [0.5, 0.6) is 0 Å². The number of ketones is 1. The molecule has 0 aliphatic rings. The number of benzene rings is 1. The number of H-pyrrole nitrogens is 1. The zero-order valence-corrected chi connectivity index (χ0v) is 11.1. The Labute approximate surface area is 115 Å². The summed E-state index contributed by atoms with van der Waals surface area (Å²) in [5.74, 6) is -0.323. The van der Waals surface area contributed by atoms with E-state index in [2.05, 4.69) is 4.98 Å². The second-order valence-electron chi connectivity index (χ2n) is 4.11. The minimum absolute atomic E-state index is 0.130. The van der Waals surface area contributed by atoms with Crippen molar-refractivity contribution in [2.45, 2.75) is 6.92 Å². The molecule has 1 aromatic carbocycles. The lowest BCUT2D eigenvalue weighted by atomic mass is 10.1. The van der Waals surface area contributed by atoms with Crippen LogP contribution in [0, 0.1) is 6.92 Å². The first-order valence-corrected chi connectivity index (χ1v) is 6.12.